The minimum atomic E-state index is -0.907. The van der Waals surface area contributed by atoms with E-state index in [-0.39, 0.29) is 35.0 Å². The van der Waals surface area contributed by atoms with Crippen LogP contribution in [0.25, 0.3) is 11.0 Å². The zero-order valence-electron chi connectivity index (χ0n) is 21.2. The summed E-state index contributed by atoms with van der Waals surface area (Å²) in [5.41, 5.74) is 0.739. The van der Waals surface area contributed by atoms with E-state index in [0.29, 0.717) is 41.2 Å². The third-order valence-corrected chi connectivity index (χ3v) is 6.30. The molecule has 0 radical (unpaired) electrons. The Hall–Kier alpha value is -4.53. The monoisotopic (exact) mass is 521 g/mol. The minimum absolute atomic E-state index is 0.0633. The van der Waals surface area contributed by atoms with Crippen LogP contribution in [0.4, 0.5) is 4.39 Å². The molecule has 0 saturated carbocycles. The smallest absolute Gasteiger partial charge is 0.343 e. The second-order valence-corrected chi connectivity index (χ2v) is 8.59. The van der Waals surface area contributed by atoms with Gasteiger partial charge in [-0.15, -0.1) is 0 Å². The Kier molecular flexibility index (Phi) is 8.15. The van der Waals surface area contributed by atoms with E-state index in [1.807, 2.05) is 0 Å². The highest BCUT2D eigenvalue weighted by Crippen LogP contribution is 2.43. The summed E-state index contributed by atoms with van der Waals surface area (Å²) >= 11 is 0. The van der Waals surface area contributed by atoms with Crippen molar-refractivity contribution in [3.8, 4) is 23.0 Å². The van der Waals surface area contributed by atoms with Gasteiger partial charge in [0.1, 0.15) is 17.1 Å². The molecule has 2 N–H and O–H groups in total. The van der Waals surface area contributed by atoms with Crippen molar-refractivity contribution in [1.82, 2.24) is 5.32 Å². The lowest BCUT2D eigenvalue weighted by Crippen LogP contribution is -2.28. The number of amides is 1. The van der Waals surface area contributed by atoms with Gasteiger partial charge < -0.3 is 29.1 Å². The average Bonchev–Trinajstić information content (AvgIpc) is 2.92. The maximum absolute atomic E-state index is 13.2. The fourth-order valence-corrected chi connectivity index (χ4v) is 4.40. The Balaban J connectivity index is 1.72. The Bertz CT molecular complexity index is 1470. The molecule has 0 saturated heterocycles. The summed E-state index contributed by atoms with van der Waals surface area (Å²) < 4.78 is 35.0. The molecule has 4 aromatic rings. The number of rotatable bonds is 10. The number of carbonyl (C=O) groups excluding carboxylic acids is 1. The molecule has 1 aromatic heterocycles. The zero-order chi connectivity index (χ0) is 27.2. The highest BCUT2D eigenvalue weighted by molar-refractivity contribution is 5.85. The summed E-state index contributed by atoms with van der Waals surface area (Å²) in [5.74, 6) is -0.875. The maximum atomic E-state index is 13.2. The first-order valence-corrected chi connectivity index (χ1v) is 11.9. The van der Waals surface area contributed by atoms with Crippen molar-refractivity contribution in [3.05, 3.63) is 93.6 Å². The van der Waals surface area contributed by atoms with Gasteiger partial charge in [0.25, 0.3) is 0 Å². The van der Waals surface area contributed by atoms with Gasteiger partial charge in [-0.3, -0.25) is 4.79 Å². The topological polar surface area (TPSA) is 107 Å². The molecule has 0 spiro atoms. The fraction of sp³-hybridized carbons (Fsp3) is 0.241. The maximum Gasteiger partial charge on any atom is 0.343 e. The van der Waals surface area contributed by atoms with Crippen molar-refractivity contribution < 1.29 is 32.9 Å². The van der Waals surface area contributed by atoms with Crippen molar-refractivity contribution in [3.63, 3.8) is 0 Å². The van der Waals surface area contributed by atoms with Gasteiger partial charge in [-0.25, -0.2) is 9.18 Å². The quantitative estimate of drug-likeness (QED) is 0.295. The molecule has 198 valence electrons. The Morgan fingerprint density at radius 3 is 2.29 bits per heavy atom. The minimum Gasteiger partial charge on any atom is -0.507 e. The van der Waals surface area contributed by atoms with Gasteiger partial charge >= 0.3 is 5.63 Å². The van der Waals surface area contributed by atoms with E-state index < -0.39 is 11.5 Å². The molecular formula is C29H28FNO7. The highest BCUT2D eigenvalue weighted by Gasteiger charge is 2.29. The van der Waals surface area contributed by atoms with E-state index in [2.05, 4.69) is 5.32 Å². The van der Waals surface area contributed by atoms with Crippen molar-refractivity contribution in [2.75, 3.05) is 27.9 Å². The van der Waals surface area contributed by atoms with Crippen LogP contribution in [0.5, 0.6) is 23.0 Å². The van der Waals surface area contributed by atoms with Crippen LogP contribution in [0.1, 0.15) is 29.0 Å². The van der Waals surface area contributed by atoms with Crippen LogP contribution in [0.3, 0.4) is 0 Å². The molecule has 8 nitrogen and oxygen atoms in total. The highest BCUT2D eigenvalue weighted by atomic mass is 19.1. The molecule has 1 atom stereocenters. The molecule has 3 aromatic carbocycles. The van der Waals surface area contributed by atoms with Crippen LogP contribution in [0.15, 0.2) is 69.9 Å². The first-order valence-electron chi connectivity index (χ1n) is 11.9. The molecule has 1 heterocycles. The second kappa shape index (κ2) is 11.7. The summed E-state index contributed by atoms with van der Waals surface area (Å²) in [6.45, 7) is 0.296. The normalized spacial score (nSPS) is 11.7. The van der Waals surface area contributed by atoms with Crippen molar-refractivity contribution in [2.24, 2.45) is 0 Å². The number of ether oxygens (including phenoxy) is 3. The summed E-state index contributed by atoms with van der Waals surface area (Å²) in [6, 6.07) is 15.9. The Labute approximate surface area is 218 Å². The van der Waals surface area contributed by atoms with Crippen molar-refractivity contribution >= 4 is 16.9 Å². The number of hydrogen-bond acceptors (Lipinski definition) is 7. The number of hydrogen-bond donors (Lipinski definition) is 2. The molecule has 0 fully saturated rings. The third kappa shape index (κ3) is 5.56. The van der Waals surface area contributed by atoms with Gasteiger partial charge in [-0.1, -0.05) is 24.3 Å². The number of halogens is 1. The van der Waals surface area contributed by atoms with E-state index in [4.69, 9.17) is 18.6 Å². The average molecular weight is 522 g/mol. The van der Waals surface area contributed by atoms with Crippen molar-refractivity contribution in [1.29, 1.82) is 0 Å². The predicted molar refractivity (Wildman–Crippen MR) is 140 cm³/mol. The molecular weight excluding hydrogens is 493 g/mol. The molecule has 4 rings (SSSR count). The van der Waals surface area contributed by atoms with E-state index in [9.17, 15) is 19.1 Å². The van der Waals surface area contributed by atoms with Crippen LogP contribution in [0.2, 0.25) is 0 Å². The second-order valence-electron chi connectivity index (χ2n) is 8.59. The Morgan fingerprint density at radius 1 is 1.00 bits per heavy atom. The number of fused-ring (bicyclic) bond motifs is 1. The lowest BCUT2D eigenvalue weighted by molar-refractivity contribution is -0.121. The van der Waals surface area contributed by atoms with E-state index in [1.54, 1.807) is 48.5 Å². The molecule has 1 amide bonds. The lowest BCUT2D eigenvalue weighted by atomic mass is 9.87. The van der Waals surface area contributed by atoms with Gasteiger partial charge in [0, 0.05) is 18.9 Å². The first-order chi connectivity index (χ1) is 18.4. The predicted octanol–water partition coefficient (Wildman–Crippen LogP) is 4.54. The third-order valence-electron chi connectivity index (χ3n) is 6.30. The van der Waals surface area contributed by atoms with Crippen LogP contribution < -0.4 is 25.2 Å². The van der Waals surface area contributed by atoms with Crippen molar-refractivity contribution in [2.45, 2.75) is 18.8 Å². The number of methoxy groups -OCH3 is 3. The number of carbonyl (C=O) groups is 1. The summed E-state index contributed by atoms with van der Waals surface area (Å²) in [7, 11) is 4.38. The van der Waals surface area contributed by atoms with Crippen LogP contribution in [0, 0.1) is 5.82 Å². The number of nitrogens with one attached hydrogen (secondary N) is 1. The summed E-state index contributed by atoms with van der Waals surface area (Å²) in [6.07, 6.45) is 0.308. The van der Waals surface area contributed by atoms with Gasteiger partial charge in [-0.05, 0) is 53.9 Å². The summed E-state index contributed by atoms with van der Waals surface area (Å²) in [4.78, 5) is 26.2. The molecule has 0 bridgehead atoms. The van der Waals surface area contributed by atoms with Gasteiger partial charge in [0.2, 0.25) is 11.7 Å². The molecule has 0 aliphatic rings. The number of aromatic hydroxyl groups is 1. The summed E-state index contributed by atoms with van der Waals surface area (Å²) in [5, 5.41) is 14.3. The van der Waals surface area contributed by atoms with Gasteiger partial charge in [0.05, 0.1) is 32.3 Å². The molecule has 38 heavy (non-hydrogen) atoms. The van der Waals surface area contributed by atoms with Crippen LogP contribution >= 0.6 is 0 Å². The Morgan fingerprint density at radius 2 is 1.66 bits per heavy atom. The molecule has 0 aliphatic heterocycles. The van der Waals surface area contributed by atoms with E-state index >= 15 is 0 Å². The van der Waals surface area contributed by atoms with E-state index in [1.165, 1.54) is 33.5 Å². The lowest BCUT2D eigenvalue weighted by Gasteiger charge is -2.21. The number of benzene rings is 3. The molecule has 9 heteroatoms. The van der Waals surface area contributed by atoms with Crippen LogP contribution in [-0.4, -0.2) is 38.9 Å². The number of para-hydroxylation sites is 1. The zero-order valence-corrected chi connectivity index (χ0v) is 21.2. The standard InChI is InChI=1S/C29H28FNO7/c1-35-23-14-18(15-24(36-2)28(23)37-3)21(16-25(32)31-13-12-17-8-10-19(30)11-9-17)26-27(33)20-6-4-5-7-22(20)38-29(26)34/h4-11,14-15,21,33H,12-13,16H2,1-3H3,(H,31,32)/t21-/m1/s1. The van der Waals surface area contributed by atoms with E-state index in [0.717, 1.165) is 5.56 Å². The van der Waals surface area contributed by atoms with Gasteiger partial charge in [-0.2, -0.15) is 0 Å². The fourth-order valence-electron chi connectivity index (χ4n) is 4.40. The first kappa shape index (κ1) is 26.5. The molecule has 0 aliphatic carbocycles. The largest absolute Gasteiger partial charge is 0.507 e. The van der Waals surface area contributed by atoms with Gasteiger partial charge in [0.15, 0.2) is 11.5 Å². The molecule has 0 unspecified atom stereocenters. The SMILES string of the molecule is COc1cc([C@@H](CC(=O)NCCc2ccc(F)cc2)c2c(O)c3ccccc3oc2=O)cc(OC)c1OC. The van der Waals surface area contributed by atoms with Crippen LogP contribution in [-0.2, 0) is 11.2 Å².